The number of hydrogen-bond acceptors (Lipinski definition) is 2. The van der Waals surface area contributed by atoms with Crippen LogP contribution in [0.25, 0.3) is 22.4 Å². The third-order valence-corrected chi connectivity index (χ3v) is 3.71. The zero-order chi connectivity index (χ0) is 14.1. The van der Waals surface area contributed by atoms with E-state index in [0.29, 0.717) is 21.5 Å². The summed E-state index contributed by atoms with van der Waals surface area (Å²) in [5, 5.41) is 6.92. The molecule has 0 aliphatic carbocycles. The molecule has 0 bridgehead atoms. The first-order chi connectivity index (χ1) is 9.66. The van der Waals surface area contributed by atoms with E-state index in [4.69, 9.17) is 5.73 Å². The molecular formula is C15H11BrFN3. The van der Waals surface area contributed by atoms with Crippen molar-refractivity contribution >= 4 is 21.7 Å². The van der Waals surface area contributed by atoms with Crippen molar-refractivity contribution in [3.8, 4) is 22.4 Å². The Balaban J connectivity index is 2.18. The normalized spacial score (nSPS) is 10.7. The van der Waals surface area contributed by atoms with Crippen LogP contribution < -0.4 is 5.73 Å². The monoisotopic (exact) mass is 331 g/mol. The van der Waals surface area contributed by atoms with Gasteiger partial charge in [-0.3, -0.25) is 5.10 Å². The van der Waals surface area contributed by atoms with Crippen molar-refractivity contribution < 1.29 is 4.39 Å². The molecule has 5 heteroatoms. The Morgan fingerprint density at radius 1 is 1.05 bits per heavy atom. The summed E-state index contributed by atoms with van der Waals surface area (Å²) < 4.78 is 14.1. The first-order valence-electron chi connectivity index (χ1n) is 6.01. The number of aromatic amines is 1. The fourth-order valence-corrected chi connectivity index (χ4v) is 2.36. The third kappa shape index (κ3) is 2.20. The molecule has 0 aliphatic heterocycles. The number of benzene rings is 2. The molecule has 100 valence electrons. The lowest BCUT2D eigenvalue weighted by Gasteiger charge is -2.05. The van der Waals surface area contributed by atoms with Gasteiger partial charge in [-0.2, -0.15) is 5.10 Å². The lowest BCUT2D eigenvalue weighted by Crippen LogP contribution is -1.89. The van der Waals surface area contributed by atoms with Crippen LogP contribution in [-0.4, -0.2) is 10.2 Å². The Bertz CT molecular complexity index is 753. The smallest absolute Gasteiger partial charge is 0.153 e. The van der Waals surface area contributed by atoms with Gasteiger partial charge in [0, 0.05) is 5.56 Å². The predicted octanol–water partition coefficient (Wildman–Crippen LogP) is 4.23. The topological polar surface area (TPSA) is 54.7 Å². The van der Waals surface area contributed by atoms with Crippen molar-refractivity contribution in [3.63, 3.8) is 0 Å². The molecule has 0 atom stereocenters. The standard InChI is InChI=1S/C15H11BrFN3/c16-11-7-6-10(8-12(11)17)14-13(15(18)20-19-14)9-4-2-1-3-5-9/h1-8H,(H3,18,19,20). The molecule has 3 aromatic rings. The van der Waals surface area contributed by atoms with Gasteiger partial charge in [0.2, 0.25) is 0 Å². The molecule has 0 spiro atoms. The number of rotatable bonds is 2. The Morgan fingerprint density at radius 3 is 2.50 bits per heavy atom. The van der Waals surface area contributed by atoms with E-state index >= 15 is 0 Å². The van der Waals surface area contributed by atoms with Gasteiger partial charge in [-0.05, 0) is 33.6 Å². The van der Waals surface area contributed by atoms with Gasteiger partial charge < -0.3 is 5.73 Å². The fraction of sp³-hybridized carbons (Fsp3) is 0. The largest absolute Gasteiger partial charge is 0.382 e. The summed E-state index contributed by atoms with van der Waals surface area (Å²) in [5.74, 6) is 0.0733. The SMILES string of the molecule is Nc1n[nH]c(-c2ccc(Br)c(F)c2)c1-c1ccccc1. The minimum Gasteiger partial charge on any atom is -0.382 e. The van der Waals surface area contributed by atoms with E-state index in [1.165, 1.54) is 6.07 Å². The number of aromatic nitrogens is 2. The average Bonchev–Trinajstić information content (AvgIpc) is 2.85. The van der Waals surface area contributed by atoms with Crippen molar-refractivity contribution in [3.05, 3.63) is 58.8 Å². The quantitative estimate of drug-likeness (QED) is 0.738. The van der Waals surface area contributed by atoms with Crippen molar-refractivity contribution in [2.75, 3.05) is 5.73 Å². The number of nitrogens with two attached hydrogens (primary N) is 1. The van der Waals surface area contributed by atoms with Gasteiger partial charge in [0.1, 0.15) is 5.82 Å². The number of nitrogens with zero attached hydrogens (tertiary/aromatic N) is 1. The van der Waals surface area contributed by atoms with E-state index in [1.807, 2.05) is 36.4 Å². The summed E-state index contributed by atoms with van der Waals surface area (Å²) in [5.41, 5.74) is 9.07. The molecule has 3 nitrogen and oxygen atoms in total. The molecule has 2 aromatic carbocycles. The van der Waals surface area contributed by atoms with E-state index in [0.717, 1.165) is 11.1 Å². The van der Waals surface area contributed by atoms with Crippen LogP contribution in [0, 0.1) is 5.82 Å². The van der Waals surface area contributed by atoms with Crippen LogP contribution in [0.1, 0.15) is 0 Å². The van der Waals surface area contributed by atoms with Crippen LogP contribution in [0.5, 0.6) is 0 Å². The molecule has 0 saturated carbocycles. The van der Waals surface area contributed by atoms with E-state index < -0.39 is 0 Å². The summed E-state index contributed by atoms with van der Waals surface area (Å²) in [6, 6.07) is 14.6. The molecular weight excluding hydrogens is 321 g/mol. The average molecular weight is 332 g/mol. The zero-order valence-electron chi connectivity index (χ0n) is 10.4. The number of halogens is 2. The third-order valence-electron chi connectivity index (χ3n) is 3.07. The van der Waals surface area contributed by atoms with Crippen molar-refractivity contribution in [2.24, 2.45) is 0 Å². The molecule has 0 radical (unpaired) electrons. The van der Waals surface area contributed by atoms with Gasteiger partial charge in [-0.15, -0.1) is 0 Å². The molecule has 3 N–H and O–H groups in total. The van der Waals surface area contributed by atoms with E-state index in [9.17, 15) is 4.39 Å². The van der Waals surface area contributed by atoms with Crippen LogP contribution in [0.3, 0.4) is 0 Å². The maximum atomic E-state index is 13.7. The molecule has 0 unspecified atom stereocenters. The molecule has 0 aliphatic rings. The van der Waals surface area contributed by atoms with E-state index in [-0.39, 0.29) is 5.82 Å². The second-order valence-electron chi connectivity index (χ2n) is 4.35. The maximum absolute atomic E-state index is 13.7. The molecule has 0 amide bonds. The number of anilines is 1. The zero-order valence-corrected chi connectivity index (χ0v) is 12.0. The first-order valence-corrected chi connectivity index (χ1v) is 6.81. The number of nitrogen functional groups attached to an aromatic ring is 1. The van der Waals surface area contributed by atoms with Gasteiger partial charge in [-0.1, -0.05) is 36.4 Å². The van der Waals surface area contributed by atoms with Crippen molar-refractivity contribution in [2.45, 2.75) is 0 Å². The Kier molecular flexibility index (Phi) is 3.28. The lowest BCUT2D eigenvalue weighted by atomic mass is 10.0. The summed E-state index contributed by atoms with van der Waals surface area (Å²) in [6.07, 6.45) is 0. The van der Waals surface area contributed by atoms with E-state index in [2.05, 4.69) is 26.1 Å². The minimum absolute atomic E-state index is 0.324. The van der Waals surface area contributed by atoms with E-state index in [1.54, 1.807) is 6.07 Å². The highest BCUT2D eigenvalue weighted by molar-refractivity contribution is 9.10. The number of H-pyrrole nitrogens is 1. The van der Waals surface area contributed by atoms with Gasteiger partial charge >= 0.3 is 0 Å². The molecule has 20 heavy (non-hydrogen) atoms. The summed E-state index contributed by atoms with van der Waals surface area (Å²) >= 11 is 3.15. The number of hydrogen-bond donors (Lipinski definition) is 2. The Hall–Kier alpha value is -2.14. The highest BCUT2D eigenvalue weighted by Gasteiger charge is 2.15. The lowest BCUT2D eigenvalue weighted by molar-refractivity contribution is 0.621. The van der Waals surface area contributed by atoms with Crippen LogP contribution in [0.4, 0.5) is 10.2 Å². The summed E-state index contributed by atoms with van der Waals surface area (Å²) in [4.78, 5) is 0. The highest BCUT2D eigenvalue weighted by Crippen LogP contribution is 2.35. The van der Waals surface area contributed by atoms with Gasteiger partial charge in [-0.25, -0.2) is 4.39 Å². The molecule has 0 fully saturated rings. The van der Waals surface area contributed by atoms with Crippen LogP contribution in [0.2, 0.25) is 0 Å². The Labute approximate surface area is 123 Å². The van der Waals surface area contributed by atoms with Crippen LogP contribution in [0.15, 0.2) is 53.0 Å². The minimum atomic E-state index is -0.324. The fourth-order valence-electron chi connectivity index (χ4n) is 2.11. The first kappa shape index (κ1) is 12.9. The van der Waals surface area contributed by atoms with Crippen LogP contribution >= 0.6 is 15.9 Å². The van der Waals surface area contributed by atoms with Crippen molar-refractivity contribution in [1.82, 2.24) is 10.2 Å². The number of nitrogens with one attached hydrogen (secondary N) is 1. The van der Waals surface area contributed by atoms with Gasteiger partial charge in [0.15, 0.2) is 5.82 Å². The molecule has 1 heterocycles. The Morgan fingerprint density at radius 2 is 1.80 bits per heavy atom. The summed E-state index contributed by atoms with van der Waals surface area (Å²) in [6.45, 7) is 0. The predicted molar refractivity (Wildman–Crippen MR) is 81.5 cm³/mol. The molecule has 1 aromatic heterocycles. The highest BCUT2D eigenvalue weighted by atomic mass is 79.9. The molecule has 0 saturated heterocycles. The second kappa shape index (κ2) is 5.09. The van der Waals surface area contributed by atoms with Crippen LogP contribution in [-0.2, 0) is 0 Å². The van der Waals surface area contributed by atoms with Gasteiger partial charge in [0.25, 0.3) is 0 Å². The van der Waals surface area contributed by atoms with Crippen molar-refractivity contribution in [1.29, 1.82) is 0 Å². The second-order valence-corrected chi connectivity index (χ2v) is 5.21. The maximum Gasteiger partial charge on any atom is 0.153 e. The summed E-state index contributed by atoms with van der Waals surface area (Å²) in [7, 11) is 0. The molecule has 3 rings (SSSR count). The van der Waals surface area contributed by atoms with Gasteiger partial charge in [0.05, 0.1) is 15.7 Å².